The predicted molar refractivity (Wildman–Crippen MR) is 52.5 cm³/mol. The van der Waals surface area contributed by atoms with E-state index in [1.165, 1.54) is 0 Å². The van der Waals surface area contributed by atoms with Crippen LogP contribution in [0.3, 0.4) is 0 Å². The highest BCUT2D eigenvalue weighted by Gasteiger charge is 2.14. The molecule has 72 valence electrons. The molecule has 4 N–H and O–H groups in total. The van der Waals surface area contributed by atoms with E-state index in [0.717, 1.165) is 6.08 Å². The molecule has 0 unspecified atom stereocenters. The van der Waals surface area contributed by atoms with Crippen LogP contribution in [0.25, 0.3) is 0 Å². The Hall–Kier alpha value is -0.830. The van der Waals surface area contributed by atoms with Crippen molar-refractivity contribution in [3.8, 4) is 0 Å². The van der Waals surface area contributed by atoms with Gasteiger partial charge in [0, 0.05) is 5.54 Å². The summed E-state index contributed by atoms with van der Waals surface area (Å²) in [5.41, 5.74) is 10.2. The number of carbonyl (C=O) groups excluding carboxylic acids is 1. The maximum Gasteiger partial charge on any atom is 0.240 e. The molecule has 3 nitrogen and oxygen atoms in total. The van der Waals surface area contributed by atoms with Gasteiger partial charge in [0.15, 0.2) is 0 Å². The lowest BCUT2D eigenvalue weighted by Gasteiger charge is -2.22. The van der Waals surface area contributed by atoms with Gasteiger partial charge >= 0.3 is 0 Å². The minimum Gasteiger partial charge on any atom is -0.366 e. The lowest BCUT2D eigenvalue weighted by molar-refractivity contribution is -0.113. The van der Waals surface area contributed by atoms with Crippen LogP contribution in [0.4, 0.5) is 0 Å². The lowest BCUT2D eigenvalue weighted by atomic mass is 9.92. The van der Waals surface area contributed by atoms with Crippen LogP contribution in [0, 0.1) is 5.92 Å². The molecule has 0 saturated heterocycles. The Morgan fingerprint density at radius 3 is 1.67 bits per heavy atom. The van der Waals surface area contributed by atoms with Crippen LogP contribution >= 0.6 is 0 Å². The van der Waals surface area contributed by atoms with E-state index in [4.69, 9.17) is 5.73 Å². The summed E-state index contributed by atoms with van der Waals surface area (Å²) in [6, 6.07) is 0. The first-order chi connectivity index (χ1) is 5.21. The summed E-state index contributed by atoms with van der Waals surface area (Å²) in [4.78, 5) is 9.47. The second-order valence-corrected chi connectivity index (χ2v) is 3.58. The van der Waals surface area contributed by atoms with Crippen LogP contribution in [0.1, 0.15) is 27.7 Å². The zero-order valence-electron chi connectivity index (χ0n) is 8.42. The number of amides is 1. The van der Waals surface area contributed by atoms with Crippen LogP contribution in [0.15, 0.2) is 12.7 Å². The molecular formula is C9H20N2O. The summed E-state index contributed by atoms with van der Waals surface area (Å²) in [5.74, 6) is 0.0949. The van der Waals surface area contributed by atoms with E-state index in [0.29, 0.717) is 5.92 Å². The Morgan fingerprint density at radius 1 is 1.50 bits per heavy atom. The molecule has 0 heterocycles. The molecule has 0 aromatic carbocycles. The zero-order valence-corrected chi connectivity index (χ0v) is 8.42. The molecule has 0 bridgehead atoms. The van der Waals surface area contributed by atoms with Gasteiger partial charge in [0.25, 0.3) is 0 Å². The van der Waals surface area contributed by atoms with E-state index in [2.05, 4.69) is 26.2 Å². The van der Waals surface area contributed by atoms with Gasteiger partial charge in [0.1, 0.15) is 0 Å². The molecule has 0 aliphatic rings. The molecule has 1 amide bonds. The molecule has 0 aromatic heterocycles. The molecule has 0 atom stereocenters. The highest BCUT2D eigenvalue weighted by molar-refractivity contribution is 5.84. The minimum absolute atomic E-state index is 0. The van der Waals surface area contributed by atoms with Crippen molar-refractivity contribution in [3.63, 3.8) is 0 Å². The maximum absolute atomic E-state index is 9.47. The Bertz CT molecular complexity index is 145. The van der Waals surface area contributed by atoms with Crippen LogP contribution in [-0.4, -0.2) is 11.4 Å². The number of rotatable bonds is 2. The summed E-state index contributed by atoms with van der Waals surface area (Å²) in [5, 5.41) is 0. The van der Waals surface area contributed by atoms with Crippen molar-refractivity contribution >= 4 is 5.91 Å². The lowest BCUT2D eigenvalue weighted by Crippen LogP contribution is -2.37. The van der Waals surface area contributed by atoms with E-state index in [1.807, 2.05) is 13.8 Å². The fourth-order valence-electron chi connectivity index (χ4n) is 0. The second-order valence-electron chi connectivity index (χ2n) is 3.58. The first kappa shape index (κ1) is 13.7. The molecule has 12 heavy (non-hydrogen) atoms. The van der Waals surface area contributed by atoms with Crippen molar-refractivity contribution in [2.24, 2.45) is 17.4 Å². The van der Waals surface area contributed by atoms with Crippen LogP contribution in [0.2, 0.25) is 0 Å². The molecule has 0 saturated carbocycles. The van der Waals surface area contributed by atoms with Crippen molar-refractivity contribution in [1.82, 2.24) is 0 Å². The van der Waals surface area contributed by atoms with Gasteiger partial charge in [-0.2, -0.15) is 0 Å². The van der Waals surface area contributed by atoms with Gasteiger partial charge in [-0.05, 0) is 25.8 Å². The first-order valence-corrected chi connectivity index (χ1v) is 3.92. The van der Waals surface area contributed by atoms with Gasteiger partial charge in [-0.3, -0.25) is 4.79 Å². The highest BCUT2D eigenvalue weighted by atomic mass is 16.1. The van der Waals surface area contributed by atoms with Gasteiger partial charge in [-0.15, -0.1) is 0 Å². The SMILES string of the molecule is C=CC(N)=O.CC(C)C(C)(C)N. The highest BCUT2D eigenvalue weighted by Crippen LogP contribution is 2.09. The van der Waals surface area contributed by atoms with Crippen LogP contribution in [0.5, 0.6) is 0 Å². The Labute approximate surface area is 74.8 Å². The van der Waals surface area contributed by atoms with E-state index in [-0.39, 0.29) is 5.54 Å². The van der Waals surface area contributed by atoms with E-state index in [9.17, 15) is 4.79 Å². The predicted octanol–water partition coefficient (Wildman–Crippen LogP) is 1.04. The van der Waals surface area contributed by atoms with Crippen molar-refractivity contribution in [2.45, 2.75) is 33.2 Å². The number of hydrogen-bond acceptors (Lipinski definition) is 2. The average molecular weight is 172 g/mol. The fraction of sp³-hybridized carbons (Fsp3) is 0.667. The molecule has 0 aromatic rings. The molecule has 0 aliphatic carbocycles. The first-order valence-electron chi connectivity index (χ1n) is 3.92. The Morgan fingerprint density at radius 2 is 1.67 bits per heavy atom. The number of primary amides is 1. The number of nitrogens with two attached hydrogens (primary N) is 2. The molecule has 0 fully saturated rings. The largest absolute Gasteiger partial charge is 0.366 e. The quantitative estimate of drug-likeness (QED) is 0.611. The molecule has 0 rings (SSSR count). The minimum atomic E-state index is -0.481. The van der Waals surface area contributed by atoms with E-state index >= 15 is 0 Å². The Kier molecular flexibility index (Phi) is 6.61. The monoisotopic (exact) mass is 172 g/mol. The number of carbonyl (C=O) groups is 1. The average Bonchev–Trinajstić information content (AvgIpc) is 1.87. The summed E-state index contributed by atoms with van der Waals surface area (Å²) < 4.78 is 0. The number of hydrogen-bond donors (Lipinski definition) is 2. The molecule has 0 radical (unpaired) electrons. The van der Waals surface area contributed by atoms with Crippen molar-refractivity contribution < 1.29 is 4.79 Å². The third kappa shape index (κ3) is 11.9. The molecule has 0 spiro atoms. The standard InChI is InChI=1S/C6H15N.C3H5NO/c1-5(2)6(3,4)7;1-2-3(4)5/h5H,7H2,1-4H3;2H,1H2,(H2,4,5). The van der Waals surface area contributed by atoms with Gasteiger partial charge in [0.2, 0.25) is 5.91 Å². The molecule has 3 heteroatoms. The summed E-state index contributed by atoms with van der Waals surface area (Å²) in [6.45, 7) is 11.4. The van der Waals surface area contributed by atoms with Gasteiger partial charge in [-0.25, -0.2) is 0 Å². The zero-order chi connectivity index (χ0) is 10.4. The second kappa shape index (κ2) is 5.77. The fourth-order valence-corrected chi connectivity index (χ4v) is 0. The normalized spacial score (nSPS) is 10.2. The van der Waals surface area contributed by atoms with Crippen molar-refractivity contribution in [2.75, 3.05) is 0 Å². The summed E-state index contributed by atoms with van der Waals surface area (Å²) >= 11 is 0. The van der Waals surface area contributed by atoms with Crippen LogP contribution < -0.4 is 11.5 Å². The molecular weight excluding hydrogens is 152 g/mol. The van der Waals surface area contributed by atoms with Crippen LogP contribution in [-0.2, 0) is 4.79 Å². The third-order valence-corrected chi connectivity index (χ3v) is 1.69. The van der Waals surface area contributed by atoms with Crippen molar-refractivity contribution in [3.05, 3.63) is 12.7 Å². The van der Waals surface area contributed by atoms with E-state index < -0.39 is 5.91 Å². The topological polar surface area (TPSA) is 69.1 Å². The van der Waals surface area contributed by atoms with Gasteiger partial charge in [0.05, 0.1) is 0 Å². The Balaban J connectivity index is 0. The third-order valence-electron chi connectivity index (χ3n) is 1.69. The summed E-state index contributed by atoms with van der Waals surface area (Å²) in [6.07, 6.45) is 1.06. The summed E-state index contributed by atoms with van der Waals surface area (Å²) in [7, 11) is 0. The maximum atomic E-state index is 9.47. The smallest absolute Gasteiger partial charge is 0.240 e. The van der Waals surface area contributed by atoms with Gasteiger partial charge in [-0.1, -0.05) is 20.4 Å². The van der Waals surface area contributed by atoms with Crippen molar-refractivity contribution in [1.29, 1.82) is 0 Å². The van der Waals surface area contributed by atoms with Gasteiger partial charge < -0.3 is 11.5 Å². The molecule has 0 aliphatic heterocycles. The van der Waals surface area contributed by atoms with E-state index in [1.54, 1.807) is 0 Å².